The maximum absolute atomic E-state index is 13.5. The highest BCUT2D eigenvalue weighted by Crippen LogP contribution is 2.26. The molecule has 180 valence electrons. The van der Waals surface area contributed by atoms with Gasteiger partial charge in [-0.05, 0) is 50.5 Å². The number of carbonyl (C=O) groups excluding carboxylic acids is 2. The zero-order valence-corrected chi connectivity index (χ0v) is 21.2. The molecule has 0 spiro atoms. The van der Waals surface area contributed by atoms with Crippen LogP contribution >= 0.6 is 0 Å². The topological polar surface area (TPSA) is 90.0 Å². The monoisotopic (exact) mass is 474 g/mol. The first-order valence-corrected chi connectivity index (χ1v) is 12.1. The third-order valence-corrected chi connectivity index (χ3v) is 7.35. The molecule has 0 heterocycles. The summed E-state index contributed by atoms with van der Waals surface area (Å²) in [7, 11) is 0.386. The third kappa shape index (κ3) is 6.33. The van der Waals surface area contributed by atoms with Gasteiger partial charge < -0.3 is 10.2 Å². The molecule has 2 rings (SSSR count). The lowest BCUT2D eigenvalue weighted by Crippen LogP contribution is -2.52. The summed E-state index contributed by atoms with van der Waals surface area (Å²) in [5, 5.41) is 2.57. The standard InChI is InChI=1S/C24H34N4O4S/c1-17-9-12-21(13-10-17)15-27(20(4)24(30)25-5)23(29)16-28(33(31,32)26(6)7)22-14-18(2)8-11-19(22)3/h8-14,20H,15-16H2,1-7H3,(H,25,30). The van der Waals surface area contributed by atoms with E-state index in [0.29, 0.717) is 5.69 Å². The van der Waals surface area contributed by atoms with E-state index in [9.17, 15) is 18.0 Å². The minimum absolute atomic E-state index is 0.177. The van der Waals surface area contributed by atoms with Crippen molar-refractivity contribution < 1.29 is 18.0 Å². The molecule has 0 aromatic heterocycles. The van der Waals surface area contributed by atoms with Crippen molar-refractivity contribution in [3.63, 3.8) is 0 Å². The number of anilines is 1. The summed E-state index contributed by atoms with van der Waals surface area (Å²) in [4.78, 5) is 27.4. The Morgan fingerprint density at radius 1 is 0.970 bits per heavy atom. The molecular weight excluding hydrogens is 440 g/mol. The third-order valence-electron chi connectivity index (χ3n) is 5.54. The second-order valence-electron chi connectivity index (χ2n) is 8.38. The molecule has 2 amide bonds. The van der Waals surface area contributed by atoms with Gasteiger partial charge in [0, 0.05) is 27.7 Å². The number of rotatable bonds is 9. The van der Waals surface area contributed by atoms with Crippen molar-refractivity contribution in [2.75, 3.05) is 32.0 Å². The van der Waals surface area contributed by atoms with Gasteiger partial charge in [0.1, 0.15) is 12.6 Å². The summed E-state index contributed by atoms with van der Waals surface area (Å²) < 4.78 is 28.6. The maximum Gasteiger partial charge on any atom is 0.304 e. The van der Waals surface area contributed by atoms with Gasteiger partial charge in [-0.1, -0.05) is 42.0 Å². The van der Waals surface area contributed by atoms with E-state index in [4.69, 9.17) is 0 Å². The number of benzene rings is 2. The van der Waals surface area contributed by atoms with E-state index in [-0.39, 0.29) is 12.5 Å². The molecule has 0 bridgehead atoms. The minimum atomic E-state index is -3.97. The van der Waals surface area contributed by atoms with E-state index in [2.05, 4.69) is 5.32 Å². The van der Waals surface area contributed by atoms with E-state index in [1.54, 1.807) is 19.9 Å². The van der Waals surface area contributed by atoms with Crippen molar-refractivity contribution in [2.45, 2.75) is 40.3 Å². The number of carbonyl (C=O) groups is 2. The number of aryl methyl sites for hydroxylation is 3. The Bertz CT molecular complexity index is 1100. The molecule has 8 nitrogen and oxygen atoms in total. The Hall–Kier alpha value is -2.91. The second kappa shape index (κ2) is 10.8. The molecule has 0 aliphatic carbocycles. The highest BCUT2D eigenvalue weighted by Gasteiger charge is 2.33. The van der Waals surface area contributed by atoms with Crippen molar-refractivity contribution in [1.82, 2.24) is 14.5 Å². The molecule has 0 radical (unpaired) electrons. The lowest BCUT2D eigenvalue weighted by Gasteiger charge is -2.33. The molecule has 2 aromatic rings. The van der Waals surface area contributed by atoms with Gasteiger partial charge >= 0.3 is 10.2 Å². The quantitative estimate of drug-likeness (QED) is 0.604. The summed E-state index contributed by atoms with van der Waals surface area (Å²) in [6.45, 7) is 7.01. The van der Waals surface area contributed by atoms with Crippen LogP contribution < -0.4 is 9.62 Å². The van der Waals surface area contributed by atoms with Crippen molar-refractivity contribution in [2.24, 2.45) is 0 Å². The molecule has 0 saturated heterocycles. The molecule has 0 aliphatic rings. The zero-order chi connectivity index (χ0) is 24.9. The van der Waals surface area contributed by atoms with E-state index in [1.807, 2.05) is 50.2 Å². The van der Waals surface area contributed by atoms with E-state index in [1.165, 1.54) is 26.0 Å². The minimum Gasteiger partial charge on any atom is -0.357 e. The lowest BCUT2D eigenvalue weighted by molar-refractivity contribution is -0.139. The molecule has 1 atom stereocenters. The number of amides is 2. The Balaban J connectivity index is 2.49. The molecule has 2 aromatic carbocycles. The summed E-state index contributed by atoms with van der Waals surface area (Å²) >= 11 is 0. The van der Waals surface area contributed by atoms with Crippen LogP contribution in [0.5, 0.6) is 0 Å². The maximum atomic E-state index is 13.5. The zero-order valence-electron chi connectivity index (χ0n) is 20.4. The first-order chi connectivity index (χ1) is 15.4. The number of nitrogens with zero attached hydrogens (tertiary/aromatic N) is 3. The van der Waals surface area contributed by atoms with Crippen LogP contribution in [0, 0.1) is 20.8 Å². The Morgan fingerprint density at radius 2 is 1.55 bits per heavy atom. The van der Waals surface area contributed by atoms with Gasteiger partial charge in [-0.3, -0.25) is 9.59 Å². The van der Waals surface area contributed by atoms with Crippen LogP contribution in [-0.2, 0) is 26.3 Å². The average molecular weight is 475 g/mol. The highest BCUT2D eigenvalue weighted by molar-refractivity contribution is 7.90. The molecule has 33 heavy (non-hydrogen) atoms. The van der Waals surface area contributed by atoms with Crippen molar-refractivity contribution >= 4 is 27.7 Å². The van der Waals surface area contributed by atoms with Crippen LogP contribution in [0.1, 0.15) is 29.2 Å². The first-order valence-electron chi connectivity index (χ1n) is 10.7. The van der Waals surface area contributed by atoms with Gasteiger partial charge in [0.15, 0.2) is 0 Å². The predicted octanol–water partition coefficient (Wildman–Crippen LogP) is 2.39. The fourth-order valence-corrected chi connectivity index (χ4v) is 4.48. The predicted molar refractivity (Wildman–Crippen MR) is 131 cm³/mol. The van der Waals surface area contributed by atoms with Crippen LogP contribution in [0.15, 0.2) is 42.5 Å². The van der Waals surface area contributed by atoms with Gasteiger partial charge in [0.2, 0.25) is 11.8 Å². The van der Waals surface area contributed by atoms with Crippen LogP contribution in [0.2, 0.25) is 0 Å². The molecule has 0 fully saturated rings. The van der Waals surface area contributed by atoms with Crippen molar-refractivity contribution in [3.05, 3.63) is 64.7 Å². The summed E-state index contributed by atoms with van der Waals surface area (Å²) in [6.07, 6.45) is 0. The van der Waals surface area contributed by atoms with Gasteiger partial charge in [-0.15, -0.1) is 0 Å². The second-order valence-corrected chi connectivity index (χ2v) is 10.5. The van der Waals surface area contributed by atoms with E-state index >= 15 is 0 Å². The summed E-state index contributed by atoms with van der Waals surface area (Å²) in [5.41, 5.74) is 3.95. The van der Waals surface area contributed by atoms with E-state index < -0.39 is 28.7 Å². The van der Waals surface area contributed by atoms with Crippen LogP contribution in [0.4, 0.5) is 5.69 Å². The van der Waals surface area contributed by atoms with Gasteiger partial charge in [0.25, 0.3) is 0 Å². The largest absolute Gasteiger partial charge is 0.357 e. The fraction of sp³-hybridized carbons (Fsp3) is 0.417. The number of hydrogen-bond acceptors (Lipinski definition) is 4. The highest BCUT2D eigenvalue weighted by atomic mass is 32.2. The molecule has 9 heteroatoms. The smallest absolute Gasteiger partial charge is 0.304 e. The Morgan fingerprint density at radius 3 is 2.09 bits per heavy atom. The molecule has 0 aliphatic heterocycles. The van der Waals surface area contributed by atoms with Crippen LogP contribution in [0.3, 0.4) is 0 Å². The number of nitrogens with one attached hydrogen (secondary N) is 1. The fourth-order valence-electron chi connectivity index (χ4n) is 3.37. The molecule has 1 N–H and O–H groups in total. The first kappa shape index (κ1) is 26.3. The normalized spacial score (nSPS) is 12.4. The molecule has 0 saturated carbocycles. The summed E-state index contributed by atoms with van der Waals surface area (Å²) in [5.74, 6) is -0.803. The lowest BCUT2D eigenvalue weighted by atomic mass is 10.1. The van der Waals surface area contributed by atoms with Crippen molar-refractivity contribution in [3.8, 4) is 0 Å². The average Bonchev–Trinajstić information content (AvgIpc) is 2.77. The summed E-state index contributed by atoms with van der Waals surface area (Å²) in [6, 6.07) is 12.3. The Kier molecular flexibility index (Phi) is 8.63. The van der Waals surface area contributed by atoms with Gasteiger partial charge in [-0.2, -0.15) is 12.7 Å². The van der Waals surface area contributed by atoms with Crippen molar-refractivity contribution in [1.29, 1.82) is 0 Å². The van der Waals surface area contributed by atoms with Crippen LogP contribution in [-0.4, -0.2) is 63.2 Å². The van der Waals surface area contributed by atoms with Gasteiger partial charge in [0.05, 0.1) is 5.69 Å². The number of hydrogen-bond donors (Lipinski definition) is 1. The molecule has 1 unspecified atom stereocenters. The van der Waals surface area contributed by atoms with E-state index in [0.717, 1.165) is 30.9 Å². The SMILES string of the molecule is CNC(=O)C(C)N(Cc1ccc(C)cc1)C(=O)CN(c1cc(C)ccc1C)S(=O)(=O)N(C)C. The van der Waals surface area contributed by atoms with Gasteiger partial charge in [-0.25, -0.2) is 4.31 Å². The molecular formula is C24H34N4O4S. The number of likely N-dealkylation sites (N-methyl/N-ethyl adjacent to an activating group) is 1. The van der Waals surface area contributed by atoms with Crippen LogP contribution in [0.25, 0.3) is 0 Å². The Labute approximate surface area is 197 Å².